The Hall–Kier alpha value is -2.83. The Labute approximate surface area is 119 Å². The second-order valence-electron chi connectivity index (χ2n) is 4.68. The number of hydrogen-bond acceptors (Lipinski definition) is 4. The molecule has 0 amide bonds. The maximum Gasteiger partial charge on any atom is 0.332 e. The third kappa shape index (κ3) is 2.12. The molecule has 0 aliphatic rings. The van der Waals surface area contributed by atoms with Crippen LogP contribution in [0.25, 0.3) is 11.2 Å². The lowest BCUT2D eigenvalue weighted by Gasteiger charge is -2.08. The molecule has 0 fully saturated rings. The number of ether oxygens (including phenoxy) is 1. The molecular weight excluding hydrogens is 272 g/mol. The Kier molecular flexibility index (Phi) is 3.09. The van der Waals surface area contributed by atoms with E-state index in [1.54, 1.807) is 26.3 Å². The highest BCUT2D eigenvalue weighted by molar-refractivity contribution is 5.68. The van der Waals surface area contributed by atoms with Gasteiger partial charge in [0.05, 0.1) is 20.0 Å². The number of aromatic nitrogens is 4. The SMILES string of the molecule is COc1ccc(Cn2c(=O)c3[nH]cnc3n(C)c2=O)cc1. The normalized spacial score (nSPS) is 11.0. The minimum absolute atomic E-state index is 0.199. The summed E-state index contributed by atoms with van der Waals surface area (Å²) in [5.41, 5.74) is 0.757. The van der Waals surface area contributed by atoms with Gasteiger partial charge in [0.2, 0.25) is 0 Å². The van der Waals surface area contributed by atoms with Crippen LogP contribution in [0.4, 0.5) is 0 Å². The van der Waals surface area contributed by atoms with E-state index in [9.17, 15) is 9.59 Å². The van der Waals surface area contributed by atoms with Gasteiger partial charge in [-0.15, -0.1) is 0 Å². The molecule has 0 atom stereocenters. The Morgan fingerprint density at radius 1 is 1.24 bits per heavy atom. The fourth-order valence-electron chi connectivity index (χ4n) is 2.25. The van der Waals surface area contributed by atoms with E-state index in [1.807, 2.05) is 12.1 Å². The molecule has 0 aliphatic heterocycles. The average molecular weight is 286 g/mol. The lowest BCUT2D eigenvalue weighted by atomic mass is 10.2. The summed E-state index contributed by atoms with van der Waals surface area (Å²) in [5, 5.41) is 0. The first kappa shape index (κ1) is 13.2. The van der Waals surface area contributed by atoms with Crippen LogP contribution in [0.5, 0.6) is 5.75 Å². The summed E-state index contributed by atoms with van der Waals surface area (Å²) in [6.07, 6.45) is 1.41. The first-order chi connectivity index (χ1) is 10.1. The molecule has 0 aliphatic carbocycles. The number of imidazole rings is 1. The van der Waals surface area contributed by atoms with Crippen molar-refractivity contribution < 1.29 is 4.74 Å². The molecule has 7 heteroatoms. The standard InChI is InChI=1S/C14H14N4O3/c1-17-12-11(15-8-16-12)13(19)18(14(17)20)7-9-3-5-10(21-2)6-4-9/h3-6,8H,7H2,1-2H3,(H,15,16). The van der Waals surface area contributed by atoms with Crippen molar-refractivity contribution in [1.82, 2.24) is 19.1 Å². The molecule has 2 aromatic heterocycles. The lowest BCUT2D eigenvalue weighted by molar-refractivity contribution is 0.414. The summed E-state index contributed by atoms with van der Waals surface area (Å²) >= 11 is 0. The summed E-state index contributed by atoms with van der Waals surface area (Å²) in [7, 11) is 3.18. The van der Waals surface area contributed by atoms with Gasteiger partial charge in [0, 0.05) is 7.05 Å². The van der Waals surface area contributed by atoms with Crippen molar-refractivity contribution in [3.63, 3.8) is 0 Å². The number of aryl methyl sites for hydroxylation is 1. The van der Waals surface area contributed by atoms with Crippen LogP contribution in [0.3, 0.4) is 0 Å². The molecule has 3 rings (SSSR count). The molecule has 1 N–H and O–H groups in total. The monoisotopic (exact) mass is 286 g/mol. The first-order valence-corrected chi connectivity index (χ1v) is 6.37. The predicted octanol–water partition coefficient (Wildman–Crippen LogP) is 0.480. The van der Waals surface area contributed by atoms with Gasteiger partial charge in [-0.1, -0.05) is 12.1 Å². The zero-order valence-electron chi connectivity index (χ0n) is 11.7. The Morgan fingerprint density at radius 3 is 2.62 bits per heavy atom. The zero-order chi connectivity index (χ0) is 15.0. The Bertz CT molecular complexity index is 903. The highest BCUT2D eigenvalue weighted by Crippen LogP contribution is 2.11. The van der Waals surface area contributed by atoms with E-state index in [-0.39, 0.29) is 12.1 Å². The maximum absolute atomic E-state index is 12.3. The van der Waals surface area contributed by atoms with Gasteiger partial charge in [0.25, 0.3) is 5.56 Å². The van der Waals surface area contributed by atoms with E-state index in [0.717, 1.165) is 11.3 Å². The summed E-state index contributed by atoms with van der Waals surface area (Å²) < 4.78 is 7.63. The van der Waals surface area contributed by atoms with Crippen LogP contribution in [-0.2, 0) is 13.6 Å². The number of H-pyrrole nitrogens is 1. The van der Waals surface area contributed by atoms with E-state index >= 15 is 0 Å². The Morgan fingerprint density at radius 2 is 1.95 bits per heavy atom. The highest BCUT2D eigenvalue weighted by atomic mass is 16.5. The molecule has 0 radical (unpaired) electrons. The summed E-state index contributed by atoms with van der Waals surface area (Å²) in [4.78, 5) is 31.4. The van der Waals surface area contributed by atoms with Crippen molar-refractivity contribution in [2.24, 2.45) is 7.05 Å². The summed E-state index contributed by atoms with van der Waals surface area (Å²) in [6.45, 7) is 0.199. The summed E-state index contributed by atoms with van der Waals surface area (Å²) in [5.74, 6) is 0.725. The number of nitrogens with one attached hydrogen (secondary N) is 1. The number of nitrogens with zero attached hydrogens (tertiary/aromatic N) is 3. The van der Waals surface area contributed by atoms with Crippen LogP contribution >= 0.6 is 0 Å². The predicted molar refractivity (Wildman–Crippen MR) is 77.7 cm³/mol. The molecular formula is C14H14N4O3. The maximum atomic E-state index is 12.3. The topological polar surface area (TPSA) is 81.9 Å². The smallest absolute Gasteiger partial charge is 0.332 e. The van der Waals surface area contributed by atoms with Crippen LogP contribution < -0.4 is 16.0 Å². The van der Waals surface area contributed by atoms with Crippen molar-refractivity contribution in [3.8, 4) is 5.75 Å². The average Bonchev–Trinajstić information content (AvgIpc) is 3.00. The van der Waals surface area contributed by atoms with Crippen LogP contribution in [0.1, 0.15) is 5.56 Å². The van der Waals surface area contributed by atoms with Crippen LogP contribution in [0.2, 0.25) is 0 Å². The second-order valence-corrected chi connectivity index (χ2v) is 4.68. The highest BCUT2D eigenvalue weighted by Gasteiger charge is 2.12. The van der Waals surface area contributed by atoms with Gasteiger partial charge in [-0.25, -0.2) is 9.78 Å². The number of methoxy groups -OCH3 is 1. The van der Waals surface area contributed by atoms with Crippen molar-refractivity contribution in [2.75, 3.05) is 7.11 Å². The van der Waals surface area contributed by atoms with E-state index in [1.165, 1.54) is 15.5 Å². The zero-order valence-corrected chi connectivity index (χ0v) is 11.7. The van der Waals surface area contributed by atoms with Crippen LogP contribution in [-0.4, -0.2) is 26.2 Å². The molecule has 0 bridgehead atoms. The Balaban J connectivity index is 2.11. The van der Waals surface area contributed by atoms with Gasteiger partial charge >= 0.3 is 5.69 Å². The minimum Gasteiger partial charge on any atom is -0.497 e. The third-order valence-corrected chi connectivity index (χ3v) is 3.41. The molecule has 0 unspecified atom stereocenters. The van der Waals surface area contributed by atoms with Crippen LogP contribution in [0, 0.1) is 0 Å². The molecule has 0 saturated heterocycles. The van der Waals surface area contributed by atoms with Crippen molar-refractivity contribution in [3.05, 3.63) is 57.0 Å². The van der Waals surface area contributed by atoms with Gasteiger partial charge in [-0.05, 0) is 17.7 Å². The lowest BCUT2D eigenvalue weighted by Crippen LogP contribution is -2.39. The quantitative estimate of drug-likeness (QED) is 0.759. The van der Waals surface area contributed by atoms with Gasteiger partial charge in [0.15, 0.2) is 5.65 Å². The molecule has 108 valence electrons. The third-order valence-electron chi connectivity index (χ3n) is 3.41. The number of hydrogen-bond donors (Lipinski definition) is 1. The number of fused-ring (bicyclic) bond motifs is 1. The fraction of sp³-hybridized carbons (Fsp3) is 0.214. The molecule has 0 saturated carbocycles. The van der Waals surface area contributed by atoms with Gasteiger partial charge in [-0.3, -0.25) is 13.9 Å². The molecule has 1 aromatic carbocycles. The largest absolute Gasteiger partial charge is 0.497 e. The van der Waals surface area contributed by atoms with Crippen LogP contribution in [0.15, 0.2) is 40.2 Å². The summed E-state index contributed by atoms with van der Waals surface area (Å²) in [6, 6.07) is 7.23. The number of rotatable bonds is 3. The minimum atomic E-state index is -0.393. The second kappa shape index (κ2) is 4.93. The van der Waals surface area contributed by atoms with Crippen molar-refractivity contribution >= 4 is 11.2 Å². The molecule has 0 spiro atoms. The van der Waals surface area contributed by atoms with E-state index in [4.69, 9.17) is 4.74 Å². The molecule has 3 aromatic rings. The van der Waals surface area contributed by atoms with Gasteiger partial charge < -0.3 is 9.72 Å². The van der Waals surface area contributed by atoms with E-state index < -0.39 is 5.69 Å². The van der Waals surface area contributed by atoms with E-state index in [0.29, 0.717) is 11.2 Å². The number of benzene rings is 1. The molecule has 21 heavy (non-hydrogen) atoms. The number of aromatic amines is 1. The first-order valence-electron chi connectivity index (χ1n) is 6.37. The van der Waals surface area contributed by atoms with Gasteiger partial charge in [0.1, 0.15) is 11.3 Å². The molecule has 7 nitrogen and oxygen atoms in total. The molecule has 2 heterocycles. The van der Waals surface area contributed by atoms with Gasteiger partial charge in [-0.2, -0.15) is 0 Å². The van der Waals surface area contributed by atoms with E-state index in [2.05, 4.69) is 9.97 Å². The fourth-order valence-corrected chi connectivity index (χ4v) is 2.25. The van der Waals surface area contributed by atoms with Crippen molar-refractivity contribution in [1.29, 1.82) is 0 Å². The van der Waals surface area contributed by atoms with Crippen molar-refractivity contribution in [2.45, 2.75) is 6.54 Å².